The van der Waals surface area contributed by atoms with Gasteiger partial charge in [-0.2, -0.15) is 0 Å². The van der Waals surface area contributed by atoms with Crippen molar-refractivity contribution < 1.29 is 0 Å². The quantitative estimate of drug-likeness (QED) is 0.190. The van der Waals surface area contributed by atoms with Crippen molar-refractivity contribution in [3.8, 4) is 45.0 Å². The van der Waals surface area contributed by atoms with E-state index in [1.807, 2.05) is 29.5 Å². The number of fused-ring (bicyclic) bond motifs is 14. The summed E-state index contributed by atoms with van der Waals surface area (Å²) in [5, 5.41) is 2.65. The fourth-order valence-corrected chi connectivity index (χ4v) is 9.96. The highest BCUT2D eigenvalue weighted by molar-refractivity contribution is 7.26. The van der Waals surface area contributed by atoms with Gasteiger partial charge in [0.15, 0.2) is 17.5 Å². The van der Waals surface area contributed by atoms with Crippen LogP contribution in [0.1, 0.15) is 40.9 Å². The molecule has 1 unspecified atom stereocenters. The third-order valence-electron chi connectivity index (χ3n) is 10.8. The summed E-state index contributed by atoms with van der Waals surface area (Å²) in [5.74, 6) is 2.15. The third kappa shape index (κ3) is 3.77. The van der Waals surface area contributed by atoms with Gasteiger partial charge in [0.2, 0.25) is 0 Å². The number of allylic oxidation sites excluding steroid dienone is 4. The number of rotatable bonds is 3. The summed E-state index contributed by atoms with van der Waals surface area (Å²) in [6.07, 6.45) is 8.36. The lowest BCUT2D eigenvalue weighted by molar-refractivity contribution is 0.794. The molecule has 2 heterocycles. The predicted molar refractivity (Wildman–Crippen MR) is 206 cm³/mol. The minimum atomic E-state index is -0.465. The molecule has 0 aliphatic heterocycles. The lowest BCUT2D eigenvalue weighted by Crippen LogP contribution is -2.25. The summed E-state index contributed by atoms with van der Waals surface area (Å²) in [6.45, 7) is 0. The number of nitrogens with zero attached hydrogens (tertiary/aromatic N) is 3. The molecule has 2 aromatic heterocycles. The zero-order chi connectivity index (χ0) is 32.8. The van der Waals surface area contributed by atoms with E-state index in [2.05, 4.69) is 133 Å². The second-order valence-corrected chi connectivity index (χ2v) is 14.4. The maximum atomic E-state index is 5.17. The zero-order valence-electron chi connectivity index (χ0n) is 27.1. The van der Waals surface area contributed by atoms with Crippen LogP contribution < -0.4 is 0 Å². The van der Waals surface area contributed by atoms with E-state index < -0.39 is 5.41 Å². The predicted octanol–water partition coefficient (Wildman–Crippen LogP) is 11.7. The fraction of sp³-hybridized carbons (Fsp3) is 0.0652. The van der Waals surface area contributed by atoms with E-state index in [1.165, 1.54) is 64.7 Å². The first kappa shape index (κ1) is 27.9. The second kappa shape index (κ2) is 10.5. The first-order valence-corrected chi connectivity index (χ1v) is 18.1. The van der Waals surface area contributed by atoms with Crippen LogP contribution in [0.25, 0.3) is 70.8 Å². The highest BCUT2D eigenvalue weighted by Crippen LogP contribution is 2.64. The average Bonchev–Trinajstić information content (AvgIpc) is 3.82. The number of thiophene rings is 1. The molecule has 0 fully saturated rings. The van der Waals surface area contributed by atoms with Gasteiger partial charge in [-0.3, -0.25) is 0 Å². The van der Waals surface area contributed by atoms with Crippen LogP contribution in [0.3, 0.4) is 0 Å². The molecule has 3 nitrogen and oxygen atoms in total. The smallest absolute Gasteiger partial charge is 0.164 e. The Labute approximate surface area is 294 Å². The third-order valence-corrected chi connectivity index (χ3v) is 12.0. The number of hydrogen-bond donors (Lipinski definition) is 0. The zero-order valence-corrected chi connectivity index (χ0v) is 27.9. The topological polar surface area (TPSA) is 38.7 Å². The van der Waals surface area contributed by atoms with Crippen molar-refractivity contribution in [3.05, 3.63) is 180 Å². The van der Waals surface area contributed by atoms with E-state index in [0.717, 1.165) is 35.4 Å². The first-order valence-electron chi connectivity index (χ1n) is 17.3. The van der Waals surface area contributed by atoms with Gasteiger partial charge >= 0.3 is 0 Å². The molecule has 0 N–H and O–H groups in total. The molecule has 8 aromatic rings. The minimum Gasteiger partial charge on any atom is -0.209 e. The van der Waals surface area contributed by atoms with Crippen molar-refractivity contribution in [2.75, 3.05) is 0 Å². The van der Waals surface area contributed by atoms with Gasteiger partial charge in [0, 0.05) is 36.9 Å². The van der Waals surface area contributed by atoms with Gasteiger partial charge < -0.3 is 0 Å². The van der Waals surface area contributed by atoms with E-state index >= 15 is 0 Å². The molecule has 1 spiro atoms. The van der Waals surface area contributed by atoms with Gasteiger partial charge in [-0.15, -0.1) is 11.3 Å². The molecule has 3 aliphatic carbocycles. The molecular formula is C46H29N3S. The second-order valence-electron chi connectivity index (χ2n) is 13.4. The van der Waals surface area contributed by atoms with Crippen molar-refractivity contribution in [1.29, 1.82) is 0 Å². The Morgan fingerprint density at radius 3 is 2.06 bits per heavy atom. The average molecular weight is 656 g/mol. The van der Waals surface area contributed by atoms with Crippen molar-refractivity contribution in [2.24, 2.45) is 0 Å². The van der Waals surface area contributed by atoms with Crippen LogP contribution in [0.15, 0.2) is 152 Å². The standard InChI is InChI=1S/C46H29N3S/c1-3-13-28(14-4-1)43-47-44(29-15-5-2-6-16-29)49-45(48-43)30-23-24-32-31-17-7-10-20-36(31)46(39(32)27-30)37-21-11-8-19-35(37)41-38(46)26-25-34-33-18-9-12-22-40(33)50-42(34)41/h1-5,7-15,17-27H,6,16H2. The summed E-state index contributed by atoms with van der Waals surface area (Å²) < 4.78 is 2.69. The molecule has 0 amide bonds. The van der Waals surface area contributed by atoms with Gasteiger partial charge in [-0.1, -0.05) is 140 Å². The maximum Gasteiger partial charge on any atom is 0.164 e. The molecule has 4 heteroatoms. The van der Waals surface area contributed by atoms with Gasteiger partial charge in [0.05, 0.1) is 5.41 Å². The molecule has 0 bridgehead atoms. The molecular weight excluding hydrogens is 627 g/mol. The molecule has 0 saturated carbocycles. The van der Waals surface area contributed by atoms with Gasteiger partial charge in [-0.05, 0) is 69.5 Å². The number of hydrogen-bond acceptors (Lipinski definition) is 4. The van der Waals surface area contributed by atoms with Crippen molar-refractivity contribution in [3.63, 3.8) is 0 Å². The Morgan fingerprint density at radius 1 is 0.520 bits per heavy atom. The lowest BCUT2D eigenvalue weighted by Gasteiger charge is -2.30. The largest absolute Gasteiger partial charge is 0.209 e. The van der Waals surface area contributed by atoms with Crippen LogP contribution in [-0.2, 0) is 5.41 Å². The molecule has 0 saturated heterocycles. The van der Waals surface area contributed by atoms with Crippen molar-refractivity contribution >= 4 is 37.1 Å². The van der Waals surface area contributed by atoms with Gasteiger partial charge in [-0.25, -0.2) is 15.0 Å². The summed E-state index contributed by atoms with van der Waals surface area (Å²) in [5.41, 5.74) is 13.2. The molecule has 3 aliphatic rings. The van der Waals surface area contributed by atoms with E-state index in [-0.39, 0.29) is 0 Å². The normalized spacial score (nSPS) is 16.8. The Balaban J connectivity index is 1.20. The summed E-state index contributed by atoms with van der Waals surface area (Å²) >= 11 is 1.91. The number of benzene rings is 6. The molecule has 6 aromatic carbocycles. The van der Waals surface area contributed by atoms with Gasteiger partial charge in [0.1, 0.15) is 0 Å². The summed E-state index contributed by atoms with van der Waals surface area (Å²) in [6, 6.07) is 48.8. The number of aromatic nitrogens is 3. The summed E-state index contributed by atoms with van der Waals surface area (Å²) in [4.78, 5) is 15.3. The monoisotopic (exact) mass is 655 g/mol. The lowest BCUT2D eigenvalue weighted by atomic mass is 9.70. The van der Waals surface area contributed by atoms with E-state index in [4.69, 9.17) is 15.0 Å². The van der Waals surface area contributed by atoms with E-state index in [9.17, 15) is 0 Å². The van der Waals surface area contributed by atoms with Crippen LogP contribution in [0.4, 0.5) is 0 Å². The minimum absolute atomic E-state index is 0.465. The van der Waals surface area contributed by atoms with Crippen LogP contribution in [0.5, 0.6) is 0 Å². The van der Waals surface area contributed by atoms with Crippen molar-refractivity contribution in [2.45, 2.75) is 18.3 Å². The Hall–Kier alpha value is -5.97. The van der Waals surface area contributed by atoms with Crippen LogP contribution in [-0.4, -0.2) is 15.0 Å². The van der Waals surface area contributed by atoms with Gasteiger partial charge in [0.25, 0.3) is 0 Å². The van der Waals surface area contributed by atoms with E-state index in [1.54, 1.807) is 0 Å². The molecule has 0 radical (unpaired) electrons. The maximum absolute atomic E-state index is 5.17. The van der Waals surface area contributed by atoms with Crippen LogP contribution >= 0.6 is 11.3 Å². The Kier molecular flexibility index (Phi) is 5.87. The first-order chi connectivity index (χ1) is 24.8. The van der Waals surface area contributed by atoms with E-state index in [0.29, 0.717) is 11.6 Å². The summed E-state index contributed by atoms with van der Waals surface area (Å²) in [7, 11) is 0. The van der Waals surface area contributed by atoms with Crippen LogP contribution in [0.2, 0.25) is 0 Å². The molecule has 50 heavy (non-hydrogen) atoms. The Bertz CT molecular complexity index is 2770. The van der Waals surface area contributed by atoms with Crippen LogP contribution in [0, 0.1) is 0 Å². The SMILES string of the molecule is C1=CCCC(c2nc(-c3ccccc3)nc(-c3ccc4c(c3)C3(c5ccccc5-4)c4ccccc4-c4c3ccc3c4sc4ccccc43)n2)=C1. The fourth-order valence-electron chi connectivity index (χ4n) is 8.69. The highest BCUT2D eigenvalue weighted by atomic mass is 32.1. The molecule has 234 valence electrons. The highest BCUT2D eigenvalue weighted by Gasteiger charge is 2.52. The molecule has 11 rings (SSSR count). The van der Waals surface area contributed by atoms with Crippen molar-refractivity contribution in [1.82, 2.24) is 15.0 Å². The Morgan fingerprint density at radius 2 is 1.22 bits per heavy atom. The molecule has 1 atom stereocenters.